The third kappa shape index (κ3) is 13.8. The first-order valence-electron chi connectivity index (χ1n) is 9.84. The van der Waals surface area contributed by atoms with Crippen LogP contribution in [-0.4, -0.2) is 4.98 Å². The second-order valence-corrected chi connectivity index (χ2v) is 7.07. The Kier molecular flexibility index (Phi) is 16.3. The van der Waals surface area contributed by atoms with Gasteiger partial charge in [-0.15, -0.1) is 0 Å². The van der Waals surface area contributed by atoms with Gasteiger partial charge in [0.15, 0.2) is 0 Å². The summed E-state index contributed by atoms with van der Waals surface area (Å²) >= 11 is 0. The maximum atomic E-state index is 3.11. The first kappa shape index (κ1) is 22.7. The molecule has 0 aliphatic carbocycles. The van der Waals surface area contributed by atoms with E-state index in [0.29, 0.717) is 0 Å². The van der Waals surface area contributed by atoms with E-state index in [2.05, 4.69) is 35.9 Å². The molecule has 0 aliphatic heterocycles. The summed E-state index contributed by atoms with van der Waals surface area (Å²) in [5.74, 6) is 0.862. The van der Waals surface area contributed by atoms with Gasteiger partial charge in [-0.25, -0.2) is 4.57 Å². The van der Waals surface area contributed by atoms with Crippen molar-refractivity contribution < 1.29 is 21.5 Å². The number of H-pyrrole nitrogens is 1. The summed E-state index contributed by atoms with van der Waals surface area (Å²) in [5, 5.41) is 0. The van der Waals surface area contributed by atoms with Crippen LogP contribution < -0.4 is 21.5 Å². The van der Waals surface area contributed by atoms with Crippen LogP contribution in [0.4, 0.5) is 0 Å². The Hall–Kier alpha value is -0.310. The molecule has 0 amide bonds. The Morgan fingerprint density at radius 3 is 1.91 bits per heavy atom. The average Bonchev–Trinajstić information content (AvgIpc) is 3.04. The molecule has 1 heterocycles. The number of aromatic nitrogens is 2. The van der Waals surface area contributed by atoms with Gasteiger partial charge in [-0.05, 0) is 12.3 Å². The van der Waals surface area contributed by atoms with Crippen LogP contribution >= 0.6 is 0 Å². The molecule has 1 atom stereocenters. The number of aryl methyl sites for hydroxylation is 1. The fourth-order valence-corrected chi connectivity index (χ4v) is 3.13. The Bertz CT molecular complexity index is 324. The molecule has 0 aliphatic rings. The third-order valence-corrected chi connectivity index (χ3v) is 4.78. The molecule has 0 fully saturated rings. The molecule has 1 aromatic heterocycles. The number of nitrogens with zero attached hydrogens (tertiary/aromatic N) is 1. The van der Waals surface area contributed by atoms with Gasteiger partial charge in [0.25, 0.3) is 0 Å². The molecule has 1 N–H and O–H groups in total. The molecule has 23 heavy (non-hydrogen) atoms. The van der Waals surface area contributed by atoms with Crippen molar-refractivity contribution in [2.45, 2.75) is 104 Å². The van der Waals surface area contributed by atoms with Crippen LogP contribution in [-0.2, 0) is 6.54 Å². The fourth-order valence-electron chi connectivity index (χ4n) is 3.13. The summed E-state index contributed by atoms with van der Waals surface area (Å²) in [4.78, 5) is 3.11. The summed E-state index contributed by atoms with van der Waals surface area (Å²) in [5.41, 5.74) is 0. The monoisotopic (exact) mass is 386 g/mol. The molecule has 1 aromatic rings. The van der Waals surface area contributed by atoms with Crippen molar-refractivity contribution in [3.8, 4) is 0 Å². The van der Waals surface area contributed by atoms with Crippen LogP contribution in [0.1, 0.15) is 97.3 Å². The Balaban J connectivity index is 0.00000484. The van der Waals surface area contributed by atoms with Gasteiger partial charge >= 0.3 is 0 Å². The minimum Gasteiger partial charge on any atom is -1.00 e. The maximum Gasteiger partial charge on any atom is 0.241 e. The molecule has 3 heteroatoms. The van der Waals surface area contributed by atoms with Gasteiger partial charge in [0.2, 0.25) is 6.33 Å². The lowest BCUT2D eigenvalue weighted by atomic mass is 9.98. The van der Waals surface area contributed by atoms with E-state index in [-0.39, 0.29) is 17.0 Å². The van der Waals surface area contributed by atoms with E-state index in [0.717, 1.165) is 12.5 Å². The first-order valence-corrected chi connectivity index (χ1v) is 9.84. The summed E-state index contributed by atoms with van der Waals surface area (Å²) in [6.07, 6.45) is 24.8. The lowest BCUT2D eigenvalue weighted by Gasteiger charge is -2.09. The van der Waals surface area contributed by atoms with Crippen molar-refractivity contribution in [2.75, 3.05) is 0 Å². The standard InChI is InChI=1S/C20H38N2.BrH/c1-3-4-5-6-7-8-9-10-11-12-13-14-20(2)15-17-22-18-16-21-19-22;/h16,18-20H,3-15,17H2,1-2H3;1H. The van der Waals surface area contributed by atoms with Gasteiger partial charge in [-0.3, -0.25) is 4.98 Å². The van der Waals surface area contributed by atoms with E-state index in [1.165, 1.54) is 83.5 Å². The van der Waals surface area contributed by atoms with Gasteiger partial charge in [0.1, 0.15) is 12.4 Å². The number of unbranched alkanes of at least 4 members (excludes halogenated alkanes) is 10. The van der Waals surface area contributed by atoms with Gasteiger partial charge in [-0.1, -0.05) is 90.9 Å². The molecule has 0 spiro atoms. The summed E-state index contributed by atoms with van der Waals surface area (Å²) in [7, 11) is 0. The van der Waals surface area contributed by atoms with E-state index in [4.69, 9.17) is 0 Å². The van der Waals surface area contributed by atoms with Crippen LogP contribution in [0.5, 0.6) is 0 Å². The molecule has 1 rings (SSSR count). The van der Waals surface area contributed by atoms with E-state index < -0.39 is 0 Å². The number of aromatic amines is 1. The average molecular weight is 387 g/mol. The number of rotatable bonds is 15. The Morgan fingerprint density at radius 2 is 1.39 bits per heavy atom. The fraction of sp³-hybridized carbons (Fsp3) is 0.850. The van der Waals surface area contributed by atoms with Crippen LogP contribution in [0, 0.1) is 5.92 Å². The Morgan fingerprint density at radius 1 is 0.826 bits per heavy atom. The molecule has 136 valence electrons. The van der Waals surface area contributed by atoms with Crippen LogP contribution in [0.15, 0.2) is 18.7 Å². The second-order valence-electron chi connectivity index (χ2n) is 7.07. The SMILES string of the molecule is CCCCCCCCCCCCCC(C)CC[n+]1cc[nH]c1.[Br-]. The van der Waals surface area contributed by atoms with Crippen LogP contribution in [0.25, 0.3) is 0 Å². The molecule has 0 aromatic carbocycles. The van der Waals surface area contributed by atoms with Gasteiger partial charge in [-0.2, -0.15) is 0 Å². The zero-order valence-electron chi connectivity index (χ0n) is 15.5. The minimum absolute atomic E-state index is 0. The quantitative estimate of drug-likeness (QED) is 0.353. The van der Waals surface area contributed by atoms with Crippen molar-refractivity contribution in [1.82, 2.24) is 4.98 Å². The molecule has 0 saturated heterocycles. The third-order valence-electron chi connectivity index (χ3n) is 4.78. The molecule has 0 radical (unpaired) electrons. The predicted molar refractivity (Wildman–Crippen MR) is 95.8 cm³/mol. The summed E-state index contributed by atoms with van der Waals surface area (Å²) in [6.45, 7) is 5.85. The summed E-state index contributed by atoms with van der Waals surface area (Å²) in [6, 6.07) is 0. The minimum atomic E-state index is 0. The van der Waals surface area contributed by atoms with E-state index in [1.807, 2.05) is 6.20 Å². The van der Waals surface area contributed by atoms with Gasteiger partial charge in [0.05, 0.1) is 6.54 Å². The number of hydrogen-bond acceptors (Lipinski definition) is 0. The zero-order valence-corrected chi connectivity index (χ0v) is 17.1. The van der Waals surface area contributed by atoms with Crippen LogP contribution in [0.2, 0.25) is 0 Å². The van der Waals surface area contributed by atoms with Gasteiger partial charge < -0.3 is 17.0 Å². The number of nitrogens with one attached hydrogen (secondary N) is 1. The lowest BCUT2D eigenvalue weighted by molar-refractivity contribution is -0.696. The Labute approximate surface area is 155 Å². The number of imidazole rings is 1. The summed E-state index contributed by atoms with van der Waals surface area (Å²) < 4.78 is 2.25. The lowest BCUT2D eigenvalue weighted by Crippen LogP contribution is -3.00. The number of hydrogen-bond donors (Lipinski definition) is 1. The highest BCUT2D eigenvalue weighted by Gasteiger charge is 2.04. The molecular weight excluding hydrogens is 348 g/mol. The highest BCUT2D eigenvalue weighted by Crippen LogP contribution is 2.15. The van der Waals surface area contributed by atoms with Crippen molar-refractivity contribution in [2.24, 2.45) is 5.92 Å². The highest BCUT2D eigenvalue weighted by atomic mass is 79.9. The predicted octanol–water partition coefficient (Wildman–Crippen LogP) is 3.03. The smallest absolute Gasteiger partial charge is 0.241 e. The number of halogens is 1. The normalized spacial score (nSPS) is 12.1. The molecule has 0 saturated carbocycles. The molecular formula is C20H39BrN2. The van der Waals surface area contributed by atoms with Crippen molar-refractivity contribution in [3.63, 3.8) is 0 Å². The topological polar surface area (TPSA) is 19.7 Å². The van der Waals surface area contributed by atoms with Crippen LogP contribution in [0.3, 0.4) is 0 Å². The molecule has 2 nitrogen and oxygen atoms in total. The zero-order chi connectivity index (χ0) is 15.9. The highest BCUT2D eigenvalue weighted by molar-refractivity contribution is 4.57. The van der Waals surface area contributed by atoms with Crippen molar-refractivity contribution >= 4 is 0 Å². The van der Waals surface area contributed by atoms with Crippen molar-refractivity contribution in [3.05, 3.63) is 18.7 Å². The first-order chi connectivity index (χ1) is 10.8. The molecule has 0 bridgehead atoms. The van der Waals surface area contributed by atoms with Gasteiger partial charge in [0, 0.05) is 0 Å². The van der Waals surface area contributed by atoms with E-state index in [9.17, 15) is 0 Å². The molecule has 1 unspecified atom stereocenters. The van der Waals surface area contributed by atoms with E-state index in [1.54, 1.807) is 0 Å². The second kappa shape index (κ2) is 16.5. The van der Waals surface area contributed by atoms with E-state index >= 15 is 0 Å². The maximum absolute atomic E-state index is 3.11. The largest absolute Gasteiger partial charge is 1.00 e. The van der Waals surface area contributed by atoms with Crippen molar-refractivity contribution in [1.29, 1.82) is 0 Å².